The average Bonchev–Trinajstić information content (AvgIpc) is 3.41. The Bertz CT molecular complexity index is 1790. The Hall–Kier alpha value is -5.94. The number of benzene rings is 4. The minimum atomic E-state index is -0.551. The summed E-state index contributed by atoms with van der Waals surface area (Å²) >= 11 is 0. The highest BCUT2D eigenvalue weighted by Crippen LogP contribution is 2.37. The van der Waals surface area contributed by atoms with Crippen molar-refractivity contribution in [3.8, 4) is 40.0 Å². The molecule has 0 fully saturated rings. The molecular formula is C34H26N4O4. The summed E-state index contributed by atoms with van der Waals surface area (Å²) < 4.78 is 7.45. The number of carbonyl (C=O) groups is 1. The molecule has 0 spiro atoms. The molecule has 0 aliphatic rings. The van der Waals surface area contributed by atoms with E-state index in [0.717, 1.165) is 22.5 Å². The van der Waals surface area contributed by atoms with Gasteiger partial charge in [-0.25, -0.2) is 0 Å². The van der Waals surface area contributed by atoms with E-state index in [9.17, 15) is 20.2 Å². The van der Waals surface area contributed by atoms with Crippen LogP contribution in [0.2, 0.25) is 0 Å². The second-order valence-corrected chi connectivity index (χ2v) is 9.26. The van der Waals surface area contributed by atoms with Crippen LogP contribution in [0.3, 0.4) is 0 Å². The van der Waals surface area contributed by atoms with Crippen LogP contribution in [0.5, 0.6) is 5.75 Å². The van der Waals surface area contributed by atoms with Gasteiger partial charge < -0.3 is 14.6 Å². The molecule has 42 heavy (non-hydrogen) atoms. The Balaban J connectivity index is 1.66. The van der Waals surface area contributed by atoms with E-state index in [1.807, 2.05) is 84.3 Å². The molecule has 5 aromatic rings. The first-order valence-corrected chi connectivity index (χ1v) is 13.3. The molecule has 1 heterocycles. The number of hydrogen-bond donors (Lipinski definition) is 1. The van der Waals surface area contributed by atoms with Crippen molar-refractivity contribution < 1.29 is 14.5 Å². The smallest absolute Gasteiger partial charge is 0.269 e. The Labute approximate surface area is 242 Å². The van der Waals surface area contributed by atoms with Crippen LogP contribution < -0.4 is 10.1 Å². The molecule has 0 saturated heterocycles. The quantitative estimate of drug-likeness (QED) is 0.0870. The lowest BCUT2D eigenvalue weighted by molar-refractivity contribution is -0.384. The third-order valence-electron chi connectivity index (χ3n) is 6.55. The van der Waals surface area contributed by atoms with Crippen molar-refractivity contribution in [1.29, 1.82) is 5.26 Å². The van der Waals surface area contributed by atoms with Crippen LogP contribution in [-0.4, -0.2) is 22.0 Å². The molecule has 0 radical (unpaired) electrons. The molecular weight excluding hydrogens is 528 g/mol. The van der Waals surface area contributed by atoms with Crippen molar-refractivity contribution in [3.63, 3.8) is 0 Å². The lowest BCUT2D eigenvalue weighted by Crippen LogP contribution is -2.13. The first kappa shape index (κ1) is 27.6. The lowest BCUT2D eigenvalue weighted by atomic mass is 10.0. The number of nitrogens with one attached hydrogen (secondary N) is 1. The third kappa shape index (κ3) is 5.96. The zero-order chi connectivity index (χ0) is 29.5. The van der Waals surface area contributed by atoms with Gasteiger partial charge in [-0.05, 0) is 66.6 Å². The standard InChI is InChI=1S/C34H26N4O4/c1-2-42-31-19-13-28(14-20-31)36-34(39)27(23-35)21-26-22-32(24-9-5-3-6-10-24)37(33(26)25-11-7-4-8-12-25)29-15-17-30(18-16-29)38(40)41/h3-22H,2H2,1H3,(H,36,39). The van der Waals surface area contributed by atoms with Crippen molar-refractivity contribution in [1.82, 2.24) is 4.57 Å². The van der Waals surface area contributed by atoms with E-state index in [0.29, 0.717) is 29.3 Å². The topological polar surface area (TPSA) is 110 Å². The fourth-order valence-corrected chi connectivity index (χ4v) is 4.65. The minimum absolute atomic E-state index is 0.0220. The molecule has 1 aromatic heterocycles. The summed E-state index contributed by atoms with van der Waals surface area (Å²) in [5.41, 5.74) is 5.00. The summed E-state index contributed by atoms with van der Waals surface area (Å²) in [7, 11) is 0. The van der Waals surface area contributed by atoms with Crippen LogP contribution in [0, 0.1) is 21.4 Å². The van der Waals surface area contributed by atoms with Gasteiger partial charge in [0.1, 0.15) is 17.4 Å². The van der Waals surface area contributed by atoms with Gasteiger partial charge in [0.2, 0.25) is 0 Å². The molecule has 8 nitrogen and oxygen atoms in total. The van der Waals surface area contributed by atoms with Gasteiger partial charge in [-0.1, -0.05) is 60.7 Å². The SMILES string of the molecule is CCOc1ccc(NC(=O)C(C#N)=Cc2cc(-c3ccccc3)n(-c3ccc([N+](=O)[O-])cc3)c2-c2ccccc2)cc1. The first-order valence-electron chi connectivity index (χ1n) is 13.3. The highest BCUT2D eigenvalue weighted by molar-refractivity contribution is 6.10. The summed E-state index contributed by atoms with van der Waals surface area (Å²) in [6, 6.07) is 36.5. The van der Waals surface area contributed by atoms with Crippen LogP contribution in [0.25, 0.3) is 34.3 Å². The number of nitro groups is 1. The van der Waals surface area contributed by atoms with E-state index >= 15 is 0 Å². The monoisotopic (exact) mass is 554 g/mol. The fraction of sp³-hybridized carbons (Fsp3) is 0.0588. The largest absolute Gasteiger partial charge is 0.494 e. The molecule has 8 heteroatoms. The summed E-state index contributed by atoms with van der Waals surface area (Å²) in [5.74, 6) is 0.130. The van der Waals surface area contributed by atoms with E-state index in [1.54, 1.807) is 42.5 Å². The van der Waals surface area contributed by atoms with E-state index in [2.05, 4.69) is 5.32 Å². The summed E-state index contributed by atoms with van der Waals surface area (Å²) in [6.45, 7) is 2.42. The van der Waals surface area contributed by atoms with Crippen LogP contribution in [0.15, 0.2) is 121 Å². The van der Waals surface area contributed by atoms with Crippen molar-refractivity contribution >= 4 is 23.4 Å². The Kier molecular flexibility index (Phi) is 8.22. The number of ether oxygens (including phenoxy) is 1. The van der Waals surface area contributed by atoms with Gasteiger partial charge in [0.15, 0.2) is 0 Å². The zero-order valence-corrected chi connectivity index (χ0v) is 22.7. The highest BCUT2D eigenvalue weighted by Gasteiger charge is 2.21. The molecule has 1 amide bonds. The van der Waals surface area contributed by atoms with Gasteiger partial charge >= 0.3 is 0 Å². The van der Waals surface area contributed by atoms with Crippen molar-refractivity contribution in [3.05, 3.63) is 137 Å². The van der Waals surface area contributed by atoms with Crippen LogP contribution in [0.4, 0.5) is 11.4 Å². The first-order chi connectivity index (χ1) is 20.5. The third-order valence-corrected chi connectivity index (χ3v) is 6.55. The summed E-state index contributed by atoms with van der Waals surface area (Å²) in [4.78, 5) is 24.1. The maximum absolute atomic E-state index is 13.2. The maximum Gasteiger partial charge on any atom is 0.269 e. The van der Waals surface area contributed by atoms with Gasteiger partial charge in [0.05, 0.1) is 22.9 Å². The second-order valence-electron chi connectivity index (χ2n) is 9.26. The zero-order valence-electron chi connectivity index (χ0n) is 22.7. The van der Waals surface area contributed by atoms with Gasteiger partial charge in [0, 0.05) is 29.1 Å². The lowest BCUT2D eigenvalue weighted by Gasteiger charge is -2.15. The molecule has 0 aliphatic heterocycles. The molecule has 0 saturated carbocycles. The number of rotatable bonds is 9. The van der Waals surface area contributed by atoms with Gasteiger partial charge in [0.25, 0.3) is 11.6 Å². The fourth-order valence-electron chi connectivity index (χ4n) is 4.65. The van der Waals surface area contributed by atoms with Gasteiger partial charge in [-0.15, -0.1) is 0 Å². The molecule has 5 rings (SSSR count). The predicted molar refractivity (Wildman–Crippen MR) is 163 cm³/mol. The Morgan fingerprint density at radius 3 is 2.12 bits per heavy atom. The number of aromatic nitrogens is 1. The van der Waals surface area contributed by atoms with Gasteiger partial charge in [-0.2, -0.15) is 5.26 Å². The van der Waals surface area contributed by atoms with E-state index in [-0.39, 0.29) is 11.3 Å². The van der Waals surface area contributed by atoms with Gasteiger partial charge in [-0.3, -0.25) is 14.9 Å². The Morgan fingerprint density at radius 1 is 0.929 bits per heavy atom. The number of non-ortho nitro benzene ring substituents is 1. The van der Waals surface area contributed by atoms with Crippen molar-refractivity contribution in [2.24, 2.45) is 0 Å². The molecule has 0 atom stereocenters. The normalized spacial score (nSPS) is 11.0. The van der Waals surface area contributed by atoms with Crippen molar-refractivity contribution in [2.75, 3.05) is 11.9 Å². The summed E-state index contributed by atoms with van der Waals surface area (Å²) in [5, 5.41) is 24.2. The number of carbonyl (C=O) groups excluding carboxylic acids is 1. The number of hydrogen-bond acceptors (Lipinski definition) is 5. The second kappa shape index (κ2) is 12.5. The molecule has 0 bridgehead atoms. The van der Waals surface area contributed by atoms with Crippen LogP contribution in [0.1, 0.15) is 12.5 Å². The molecule has 4 aromatic carbocycles. The van der Waals surface area contributed by atoms with Crippen molar-refractivity contribution in [2.45, 2.75) is 6.92 Å². The molecule has 0 unspecified atom stereocenters. The number of nitro benzene ring substituents is 1. The molecule has 1 N–H and O–H groups in total. The number of anilines is 1. The highest BCUT2D eigenvalue weighted by atomic mass is 16.6. The molecule has 206 valence electrons. The van der Waals surface area contributed by atoms with Crippen LogP contribution >= 0.6 is 0 Å². The van der Waals surface area contributed by atoms with E-state index < -0.39 is 10.8 Å². The maximum atomic E-state index is 13.2. The van der Waals surface area contributed by atoms with E-state index in [1.165, 1.54) is 12.1 Å². The van der Waals surface area contributed by atoms with E-state index in [4.69, 9.17) is 4.74 Å². The Morgan fingerprint density at radius 2 is 1.55 bits per heavy atom. The predicted octanol–water partition coefficient (Wildman–Crippen LogP) is 7.66. The minimum Gasteiger partial charge on any atom is -0.494 e. The number of amides is 1. The number of nitriles is 1. The summed E-state index contributed by atoms with van der Waals surface area (Å²) in [6.07, 6.45) is 1.57. The number of nitrogens with zero attached hydrogens (tertiary/aromatic N) is 3. The molecule has 0 aliphatic carbocycles. The average molecular weight is 555 g/mol. The van der Waals surface area contributed by atoms with Crippen LogP contribution in [-0.2, 0) is 4.79 Å².